The Morgan fingerprint density at radius 2 is 1.85 bits per heavy atom. The van der Waals surface area contributed by atoms with Crippen LogP contribution in [0.2, 0.25) is 0 Å². The van der Waals surface area contributed by atoms with Gasteiger partial charge in [0.1, 0.15) is 17.0 Å². The van der Waals surface area contributed by atoms with Crippen LogP contribution >= 0.6 is 11.3 Å². The van der Waals surface area contributed by atoms with E-state index in [1.165, 1.54) is 11.3 Å². The lowest BCUT2D eigenvalue weighted by molar-refractivity contribution is -0.136. The molecule has 0 saturated carbocycles. The average molecular weight is 502 g/mol. The van der Waals surface area contributed by atoms with Crippen LogP contribution in [0.1, 0.15) is 28.8 Å². The molecular formula is C23H27N5O4S2. The van der Waals surface area contributed by atoms with Gasteiger partial charge in [-0.2, -0.15) is 0 Å². The molecule has 9 nitrogen and oxygen atoms in total. The second-order valence-corrected chi connectivity index (χ2v) is 12.2. The number of nitrogens with zero attached hydrogens (tertiary/aromatic N) is 4. The fourth-order valence-electron chi connectivity index (χ4n) is 5.22. The SMILES string of the molecule is NS(=O)(=O)Cc1ccc(CN2CCC3(CCN(c4ncnc5sc(CC(=O)O)cc45)C3)C2)cc1. The molecule has 0 amide bonds. The first-order valence-electron chi connectivity index (χ1n) is 11.2. The molecule has 0 aliphatic carbocycles. The van der Waals surface area contributed by atoms with Gasteiger partial charge in [0.2, 0.25) is 10.0 Å². The molecule has 1 unspecified atom stereocenters. The van der Waals surface area contributed by atoms with Gasteiger partial charge in [0, 0.05) is 36.5 Å². The number of carboxylic acids is 1. The van der Waals surface area contributed by atoms with Crippen molar-refractivity contribution in [3.05, 3.63) is 52.7 Å². The zero-order chi connectivity index (χ0) is 23.9. The van der Waals surface area contributed by atoms with Crippen molar-refractivity contribution < 1.29 is 18.3 Å². The van der Waals surface area contributed by atoms with E-state index >= 15 is 0 Å². The molecule has 2 fully saturated rings. The van der Waals surface area contributed by atoms with E-state index in [1.54, 1.807) is 6.33 Å². The minimum Gasteiger partial charge on any atom is -0.481 e. The number of carbonyl (C=O) groups is 1. The summed E-state index contributed by atoms with van der Waals surface area (Å²) in [6, 6.07) is 9.56. The van der Waals surface area contributed by atoms with E-state index in [4.69, 9.17) is 10.2 Å². The van der Waals surface area contributed by atoms with E-state index in [9.17, 15) is 13.2 Å². The third-order valence-electron chi connectivity index (χ3n) is 6.74. The second kappa shape index (κ2) is 8.88. The van der Waals surface area contributed by atoms with E-state index in [0.717, 1.165) is 72.0 Å². The molecule has 1 spiro atoms. The first kappa shape index (κ1) is 23.2. The molecule has 2 aliphatic rings. The van der Waals surface area contributed by atoms with Crippen molar-refractivity contribution in [2.24, 2.45) is 10.6 Å². The van der Waals surface area contributed by atoms with Gasteiger partial charge in [-0.25, -0.2) is 23.5 Å². The van der Waals surface area contributed by atoms with E-state index < -0.39 is 16.0 Å². The largest absolute Gasteiger partial charge is 0.481 e. The minimum absolute atomic E-state index is 0.00236. The Hall–Kier alpha value is -2.60. The van der Waals surface area contributed by atoms with Gasteiger partial charge in [-0.15, -0.1) is 11.3 Å². The van der Waals surface area contributed by atoms with Gasteiger partial charge in [0.05, 0.1) is 17.6 Å². The van der Waals surface area contributed by atoms with E-state index in [2.05, 4.69) is 19.8 Å². The number of anilines is 1. The summed E-state index contributed by atoms with van der Waals surface area (Å²) >= 11 is 1.42. The van der Waals surface area contributed by atoms with Crippen molar-refractivity contribution in [1.29, 1.82) is 0 Å². The second-order valence-electron chi connectivity index (χ2n) is 9.46. The maximum atomic E-state index is 11.3. The summed E-state index contributed by atoms with van der Waals surface area (Å²) in [6.07, 6.45) is 3.79. The molecule has 3 aromatic rings. The highest BCUT2D eigenvalue weighted by Gasteiger charge is 2.44. The summed E-state index contributed by atoms with van der Waals surface area (Å²) in [4.78, 5) is 26.4. The number of hydrogen-bond donors (Lipinski definition) is 2. The fraction of sp³-hybridized carbons (Fsp3) is 0.435. The number of thiophene rings is 1. The van der Waals surface area contributed by atoms with Crippen LogP contribution in [0.25, 0.3) is 10.2 Å². The molecule has 180 valence electrons. The number of nitrogens with two attached hydrogens (primary N) is 1. The molecule has 2 aromatic heterocycles. The molecule has 2 aliphatic heterocycles. The highest BCUT2D eigenvalue weighted by molar-refractivity contribution is 7.88. The van der Waals surface area contributed by atoms with Crippen LogP contribution in [-0.2, 0) is 33.5 Å². The smallest absolute Gasteiger partial charge is 0.308 e. The number of carboxylic acid groups (broad SMARTS) is 1. The van der Waals surface area contributed by atoms with Crippen LogP contribution in [0.5, 0.6) is 0 Å². The molecule has 3 N–H and O–H groups in total. The van der Waals surface area contributed by atoms with Crippen LogP contribution in [0.3, 0.4) is 0 Å². The van der Waals surface area contributed by atoms with Crippen LogP contribution in [0.15, 0.2) is 36.7 Å². The number of likely N-dealkylation sites (tertiary alicyclic amines) is 1. The Kier molecular flexibility index (Phi) is 6.05. The van der Waals surface area contributed by atoms with Gasteiger partial charge in [-0.05, 0) is 36.6 Å². The Bertz CT molecular complexity index is 1320. The summed E-state index contributed by atoms with van der Waals surface area (Å²) in [5, 5.41) is 15.2. The average Bonchev–Trinajstić information content (AvgIpc) is 3.46. The molecule has 34 heavy (non-hydrogen) atoms. The Balaban J connectivity index is 1.25. The number of aliphatic carboxylic acids is 1. The lowest BCUT2D eigenvalue weighted by Gasteiger charge is -2.25. The molecule has 2 saturated heterocycles. The van der Waals surface area contributed by atoms with Gasteiger partial charge in [-0.1, -0.05) is 24.3 Å². The lowest BCUT2D eigenvalue weighted by atomic mass is 9.86. The van der Waals surface area contributed by atoms with Crippen molar-refractivity contribution in [3.63, 3.8) is 0 Å². The molecule has 1 atom stereocenters. The summed E-state index contributed by atoms with van der Waals surface area (Å²) in [6.45, 7) is 4.70. The van der Waals surface area contributed by atoms with Gasteiger partial charge in [0.15, 0.2) is 0 Å². The quantitative estimate of drug-likeness (QED) is 0.504. The minimum atomic E-state index is -3.52. The Morgan fingerprint density at radius 3 is 2.59 bits per heavy atom. The summed E-state index contributed by atoms with van der Waals surface area (Å²) in [5.74, 6) is -0.0845. The summed E-state index contributed by atoms with van der Waals surface area (Å²) in [5.41, 5.74) is 2.07. The zero-order valence-corrected chi connectivity index (χ0v) is 20.3. The van der Waals surface area contributed by atoms with Crippen LogP contribution < -0.4 is 10.0 Å². The molecule has 1 aromatic carbocycles. The molecule has 0 radical (unpaired) electrons. The van der Waals surface area contributed by atoms with Crippen molar-refractivity contribution in [2.75, 3.05) is 31.1 Å². The highest BCUT2D eigenvalue weighted by atomic mass is 32.2. The lowest BCUT2D eigenvalue weighted by Crippen LogP contribution is -2.31. The predicted molar refractivity (Wildman–Crippen MR) is 131 cm³/mol. The number of benzene rings is 1. The molecular weight excluding hydrogens is 474 g/mol. The maximum absolute atomic E-state index is 11.3. The monoisotopic (exact) mass is 501 g/mol. The van der Waals surface area contributed by atoms with Crippen molar-refractivity contribution in [2.45, 2.75) is 31.6 Å². The van der Waals surface area contributed by atoms with Gasteiger partial charge in [-0.3, -0.25) is 9.69 Å². The molecule has 11 heteroatoms. The zero-order valence-electron chi connectivity index (χ0n) is 18.7. The topological polar surface area (TPSA) is 130 Å². The van der Waals surface area contributed by atoms with Crippen LogP contribution in [0.4, 0.5) is 5.82 Å². The normalized spacial score (nSPS) is 21.1. The Morgan fingerprint density at radius 1 is 1.12 bits per heavy atom. The van der Waals surface area contributed by atoms with Gasteiger partial charge in [0.25, 0.3) is 0 Å². The van der Waals surface area contributed by atoms with Crippen LogP contribution in [0, 0.1) is 5.41 Å². The summed E-state index contributed by atoms with van der Waals surface area (Å²) in [7, 11) is -3.52. The van der Waals surface area contributed by atoms with Crippen molar-refractivity contribution in [1.82, 2.24) is 14.9 Å². The number of aromatic nitrogens is 2. The number of hydrogen-bond acceptors (Lipinski definition) is 8. The van der Waals surface area contributed by atoms with Gasteiger partial charge >= 0.3 is 5.97 Å². The third-order valence-corrected chi connectivity index (χ3v) is 8.52. The van der Waals surface area contributed by atoms with E-state index in [-0.39, 0.29) is 17.6 Å². The van der Waals surface area contributed by atoms with Crippen molar-refractivity contribution in [3.8, 4) is 0 Å². The molecule has 0 bridgehead atoms. The van der Waals surface area contributed by atoms with E-state index in [0.29, 0.717) is 5.56 Å². The first-order chi connectivity index (χ1) is 16.2. The number of sulfonamides is 1. The number of rotatable bonds is 7. The van der Waals surface area contributed by atoms with Crippen LogP contribution in [-0.4, -0.2) is 60.5 Å². The highest BCUT2D eigenvalue weighted by Crippen LogP contribution is 2.42. The van der Waals surface area contributed by atoms with Crippen molar-refractivity contribution >= 4 is 43.4 Å². The number of primary sulfonamides is 1. The first-order valence-corrected chi connectivity index (χ1v) is 13.7. The maximum Gasteiger partial charge on any atom is 0.308 e. The molecule has 4 heterocycles. The number of fused-ring (bicyclic) bond motifs is 1. The predicted octanol–water partition coefficient (Wildman–Crippen LogP) is 2.21. The Labute approximate surface area is 202 Å². The van der Waals surface area contributed by atoms with E-state index in [1.807, 2.05) is 30.3 Å². The summed E-state index contributed by atoms with van der Waals surface area (Å²) < 4.78 is 22.6. The standard InChI is InChI=1S/C23H27N5O4S2/c24-34(31,32)12-17-3-1-16(2-4-17)11-27-7-5-23(13-27)6-8-28(14-23)21-19-9-18(10-20(29)30)33-22(19)26-15-25-21/h1-4,9,15H,5-8,10-14H2,(H,29,30)(H2,24,31,32). The fourth-order valence-corrected chi connectivity index (χ4v) is 6.86. The van der Waals surface area contributed by atoms with Gasteiger partial charge < -0.3 is 10.0 Å². The third kappa shape index (κ3) is 5.07. The molecule has 5 rings (SSSR count).